The molecule has 0 N–H and O–H groups in total. The van der Waals surface area contributed by atoms with Crippen LogP contribution in [-0.4, -0.2) is 17.1 Å². The summed E-state index contributed by atoms with van der Waals surface area (Å²) in [6, 6.07) is 11.5. The van der Waals surface area contributed by atoms with E-state index in [2.05, 4.69) is 25.9 Å². The van der Waals surface area contributed by atoms with Crippen molar-refractivity contribution in [3.05, 3.63) is 51.6 Å². The fraction of sp³-hybridized carbons (Fsp3) is 0.125. The van der Waals surface area contributed by atoms with Crippen molar-refractivity contribution in [2.75, 3.05) is 7.11 Å². The predicted octanol–water partition coefficient (Wildman–Crippen LogP) is 5.03. The Morgan fingerprint density at radius 1 is 1.05 bits per heavy atom. The number of aryl methyl sites for hydroxylation is 1. The van der Waals surface area contributed by atoms with Crippen molar-refractivity contribution in [1.82, 2.24) is 9.97 Å². The van der Waals surface area contributed by atoms with Crippen LogP contribution in [0.3, 0.4) is 0 Å². The summed E-state index contributed by atoms with van der Waals surface area (Å²) in [5.41, 5.74) is 2.81. The van der Waals surface area contributed by atoms with Crippen molar-refractivity contribution in [3.63, 3.8) is 0 Å². The lowest BCUT2D eigenvalue weighted by molar-refractivity contribution is 0.415. The van der Waals surface area contributed by atoms with Gasteiger partial charge in [0.1, 0.15) is 10.9 Å². The molecule has 1 aromatic heterocycles. The smallest absolute Gasteiger partial charge is 0.161 e. The lowest BCUT2D eigenvalue weighted by Crippen LogP contribution is -1.94. The zero-order valence-electron chi connectivity index (χ0n) is 11.5. The minimum atomic E-state index is 0.460. The monoisotopic (exact) mass is 362 g/mol. The average molecular weight is 364 g/mol. The van der Waals surface area contributed by atoms with E-state index in [-0.39, 0.29) is 0 Å². The van der Waals surface area contributed by atoms with Gasteiger partial charge in [0.2, 0.25) is 0 Å². The zero-order chi connectivity index (χ0) is 15.0. The highest BCUT2D eigenvalue weighted by molar-refractivity contribution is 9.10. The summed E-state index contributed by atoms with van der Waals surface area (Å²) < 4.78 is 6.17. The standard InChI is InChI=1S/C16H12BrClN2O/c1-9-13(17)8-7-12-14(9)19-16(20-15(12)18)10-3-5-11(21-2)6-4-10/h3-8H,1-2H3. The molecule has 0 atom stereocenters. The molecule has 0 fully saturated rings. The molecule has 0 unspecified atom stereocenters. The minimum absolute atomic E-state index is 0.460. The van der Waals surface area contributed by atoms with Crippen LogP contribution in [0.15, 0.2) is 40.9 Å². The summed E-state index contributed by atoms with van der Waals surface area (Å²) >= 11 is 9.82. The lowest BCUT2D eigenvalue weighted by atomic mass is 10.1. The van der Waals surface area contributed by atoms with Crippen LogP contribution in [-0.2, 0) is 0 Å². The highest BCUT2D eigenvalue weighted by atomic mass is 79.9. The molecule has 0 bridgehead atoms. The third kappa shape index (κ3) is 2.61. The van der Waals surface area contributed by atoms with E-state index < -0.39 is 0 Å². The first-order valence-electron chi connectivity index (χ1n) is 6.37. The van der Waals surface area contributed by atoms with E-state index in [0.29, 0.717) is 11.0 Å². The summed E-state index contributed by atoms with van der Waals surface area (Å²) in [5.74, 6) is 1.40. The van der Waals surface area contributed by atoms with Crippen molar-refractivity contribution in [2.45, 2.75) is 6.92 Å². The number of methoxy groups -OCH3 is 1. The topological polar surface area (TPSA) is 35.0 Å². The predicted molar refractivity (Wildman–Crippen MR) is 89.0 cm³/mol. The number of hydrogen-bond donors (Lipinski definition) is 0. The van der Waals surface area contributed by atoms with Crippen LogP contribution in [0.4, 0.5) is 0 Å². The van der Waals surface area contributed by atoms with Gasteiger partial charge < -0.3 is 4.74 Å². The van der Waals surface area contributed by atoms with Crippen LogP contribution in [0.5, 0.6) is 5.75 Å². The maximum Gasteiger partial charge on any atom is 0.161 e. The van der Waals surface area contributed by atoms with Gasteiger partial charge >= 0.3 is 0 Å². The average Bonchev–Trinajstić information content (AvgIpc) is 2.51. The van der Waals surface area contributed by atoms with Gasteiger partial charge in [-0.25, -0.2) is 9.97 Å². The molecule has 0 radical (unpaired) electrons. The number of ether oxygens (including phenoxy) is 1. The Morgan fingerprint density at radius 2 is 1.76 bits per heavy atom. The second kappa shape index (κ2) is 5.62. The molecule has 0 saturated carbocycles. The van der Waals surface area contributed by atoms with Crippen molar-refractivity contribution >= 4 is 38.4 Å². The van der Waals surface area contributed by atoms with E-state index in [0.717, 1.165) is 32.3 Å². The second-order valence-corrected chi connectivity index (χ2v) is 5.85. The van der Waals surface area contributed by atoms with Gasteiger partial charge in [-0.3, -0.25) is 0 Å². The highest BCUT2D eigenvalue weighted by Gasteiger charge is 2.11. The van der Waals surface area contributed by atoms with Gasteiger partial charge in [-0.15, -0.1) is 0 Å². The lowest BCUT2D eigenvalue weighted by Gasteiger charge is -2.08. The van der Waals surface area contributed by atoms with Crippen LogP contribution in [0, 0.1) is 6.92 Å². The zero-order valence-corrected chi connectivity index (χ0v) is 13.9. The van der Waals surface area contributed by atoms with Crippen LogP contribution in [0.2, 0.25) is 5.15 Å². The summed E-state index contributed by atoms with van der Waals surface area (Å²) in [4.78, 5) is 9.05. The molecule has 3 rings (SSSR count). The molecule has 3 aromatic rings. The molecule has 0 amide bonds. The maximum absolute atomic E-state index is 6.30. The molecular weight excluding hydrogens is 352 g/mol. The molecule has 106 valence electrons. The van der Waals surface area contributed by atoms with Gasteiger partial charge in [0.25, 0.3) is 0 Å². The molecular formula is C16H12BrClN2O. The van der Waals surface area contributed by atoms with Gasteiger partial charge in [0, 0.05) is 15.4 Å². The number of benzene rings is 2. The van der Waals surface area contributed by atoms with E-state index in [9.17, 15) is 0 Å². The fourth-order valence-corrected chi connectivity index (χ4v) is 2.69. The normalized spacial score (nSPS) is 10.9. The van der Waals surface area contributed by atoms with Gasteiger partial charge in [-0.1, -0.05) is 27.5 Å². The van der Waals surface area contributed by atoms with Gasteiger partial charge in [-0.2, -0.15) is 0 Å². The molecule has 1 heterocycles. The third-order valence-corrected chi connectivity index (χ3v) is 4.50. The first-order chi connectivity index (χ1) is 10.1. The molecule has 3 nitrogen and oxygen atoms in total. The van der Waals surface area contributed by atoms with E-state index >= 15 is 0 Å². The van der Waals surface area contributed by atoms with Crippen LogP contribution in [0.25, 0.3) is 22.3 Å². The molecule has 0 spiro atoms. The molecule has 0 saturated heterocycles. The molecule has 0 aliphatic heterocycles. The van der Waals surface area contributed by atoms with E-state index in [1.165, 1.54) is 0 Å². The third-order valence-electron chi connectivity index (χ3n) is 3.36. The highest BCUT2D eigenvalue weighted by Crippen LogP contribution is 2.30. The van der Waals surface area contributed by atoms with E-state index in [1.54, 1.807) is 7.11 Å². The van der Waals surface area contributed by atoms with E-state index in [1.807, 2.05) is 43.3 Å². The van der Waals surface area contributed by atoms with Crippen molar-refractivity contribution in [2.24, 2.45) is 0 Å². The molecule has 21 heavy (non-hydrogen) atoms. The minimum Gasteiger partial charge on any atom is -0.497 e. The summed E-state index contributed by atoms with van der Waals surface area (Å²) in [6.45, 7) is 2.01. The van der Waals surface area contributed by atoms with Crippen LogP contribution in [0.1, 0.15) is 5.56 Å². The van der Waals surface area contributed by atoms with Crippen LogP contribution >= 0.6 is 27.5 Å². The van der Waals surface area contributed by atoms with Crippen molar-refractivity contribution < 1.29 is 4.74 Å². The second-order valence-electron chi connectivity index (χ2n) is 4.64. The van der Waals surface area contributed by atoms with Gasteiger partial charge in [0.15, 0.2) is 5.82 Å². The Kier molecular flexibility index (Phi) is 3.83. The summed E-state index contributed by atoms with van der Waals surface area (Å²) in [7, 11) is 1.64. The molecule has 5 heteroatoms. The van der Waals surface area contributed by atoms with Gasteiger partial charge in [0.05, 0.1) is 12.6 Å². The van der Waals surface area contributed by atoms with Gasteiger partial charge in [-0.05, 0) is 48.9 Å². The summed E-state index contributed by atoms with van der Waals surface area (Å²) in [6.07, 6.45) is 0. The largest absolute Gasteiger partial charge is 0.497 e. The Labute approximate surface area is 136 Å². The number of aromatic nitrogens is 2. The number of rotatable bonds is 2. The SMILES string of the molecule is COc1ccc(-c2nc(Cl)c3ccc(Br)c(C)c3n2)cc1. The number of fused-ring (bicyclic) bond motifs is 1. The maximum atomic E-state index is 6.30. The number of nitrogens with zero attached hydrogens (tertiary/aromatic N) is 2. The first-order valence-corrected chi connectivity index (χ1v) is 7.54. The van der Waals surface area contributed by atoms with E-state index in [4.69, 9.17) is 16.3 Å². The number of hydrogen-bond acceptors (Lipinski definition) is 3. The Morgan fingerprint density at radius 3 is 2.43 bits per heavy atom. The first kappa shape index (κ1) is 14.3. The Bertz CT molecular complexity index is 819. The summed E-state index contributed by atoms with van der Waals surface area (Å²) in [5, 5.41) is 1.32. The fourth-order valence-electron chi connectivity index (χ4n) is 2.14. The Balaban J connectivity index is 2.21. The quantitative estimate of drug-likeness (QED) is 0.599. The molecule has 0 aliphatic rings. The van der Waals surface area contributed by atoms with Crippen molar-refractivity contribution in [3.8, 4) is 17.1 Å². The Hall–Kier alpha value is -1.65. The molecule has 2 aromatic carbocycles. The molecule has 0 aliphatic carbocycles. The van der Waals surface area contributed by atoms with Crippen LogP contribution < -0.4 is 4.74 Å². The number of halogens is 2. The van der Waals surface area contributed by atoms with Crippen molar-refractivity contribution in [1.29, 1.82) is 0 Å².